The zero-order chi connectivity index (χ0) is 22.9. The highest BCUT2D eigenvalue weighted by Gasteiger charge is 2.44. The van der Waals surface area contributed by atoms with Crippen LogP contribution in [0.2, 0.25) is 5.02 Å². The summed E-state index contributed by atoms with van der Waals surface area (Å²) in [6.07, 6.45) is 2.79. The Morgan fingerprint density at radius 1 is 1.22 bits per heavy atom. The van der Waals surface area contributed by atoms with Gasteiger partial charge in [0.15, 0.2) is 5.82 Å². The van der Waals surface area contributed by atoms with Gasteiger partial charge in [0.2, 0.25) is 0 Å². The molecule has 0 aliphatic carbocycles. The van der Waals surface area contributed by atoms with Crippen molar-refractivity contribution in [1.29, 1.82) is 0 Å². The Hall–Kier alpha value is -1.91. The highest BCUT2D eigenvalue weighted by Crippen LogP contribution is 2.40. The molecule has 4 rings (SSSR count). The maximum Gasteiger partial charge on any atom is 0.416 e. The molecule has 1 aromatic carbocycles. The van der Waals surface area contributed by atoms with Crippen LogP contribution >= 0.6 is 23.5 Å². The fourth-order valence-electron chi connectivity index (χ4n) is 4.71. The van der Waals surface area contributed by atoms with Crippen molar-refractivity contribution in [3.05, 3.63) is 46.6 Å². The molecule has 2 fully saturated rings. The average molecular weight is 488 g/mol. The van der Waals surface area contributed by atoms with Crippen LogP contribution in [0.1, 0.15) is 36.8 Å². The molecule has 0 bridgehead atoms. The molecule has 2 aliphatic heterocycles. The summed E-state index contributed by atoms with van der Waals surface area (Å²) in [6, 6.07) is 5.19. The first kappa shape index (κ1) is 23.3. The Morgan fingerprint density at radius 3 is 2.62 bits per heavy atom. The number of carbonyl (C=O) groups is 1. The highest BCUT2D eigenvalue weighted by atomic mass is 35.5. The van der Waals surface area contributed by atoms with E-state index in [-0.39, 0.29) is 16.6 Å². The molecule has 1 aromatic heterocycles. The van der Waals surface area contributed by atoms with Crippen LogP contribution in [0.3, 0.4) is 0 Å². The van der Waals surface area contributed by atoms with Gasteiger partial charge in [-0.25, -0.2) is 4.79 Å². The Balaban J connectivity index is 1.41. The lowest BCUT2D eigenvalue weighted by molar-refractivity contribution is -0.137. The number of aromatic nitrogens is 2. The minimum absolute atomic E-state index is 0.0571. The smallest absolute Gasteiger partial charge is 0.323 e. The molecule has 1 amide bonds. The summed E-state index contributed by atoms with van der Waals surface area (Å²) >= 11 is 7.61. The first-order chi connectivity index (χ1) is 15.2. The van der Waals surface area contributed by atoms with Crippen molar-refractivity contribution in [2.75, 3.05) is 30.6 Å². The third kappa shape index (κ3) is 4.72. The van der Waals surface area contributed by atoms with E-state index in [1.165, 1.54) is 22.7 Å². The maximum atomic E-state index is 12.9. The molecule has 6 nitrogen and oxygen atoms in total. The van der Waals surface area contributed by atoms with Gasteiger partial charge in [-0.05, 0) is 49.9 Å². The van der Waals surface area contributed by atoms with Gasteiger partial charge < -0.3 is 9.62 Å². The third-order valence-electron chi connectivity index (χ3n) is 6.44. The standard InChI is InChI=1S/C21H25ClF3N5OS/c1-32-27-18-5-10-30(26-18)19(31)28-11-7-20(8-12-28)6-2-9-29(20)14-15-3-4-16(13-17(15)22)21(23,24)25/h3-5,10,13H,2,6-9,11-12,14H2,1H3,(H,26,27). The van der Waals surface area contributed by atoms with Gasteiger partial charge in [0.1, 0.15) is 0 Å². The van der Waals surface area contributed by atoms with E-state index in [0.717, 1.165) is 44.4 Å². The lowest BCUT2D eigenvalue weighted by atomic mass is 9.84. The summed E-state index contributed by atoms with van der Waals surface area (Å²) in [7, 11) is 0. The molecule has 1 N–H and O–H groups in total. The predicted molar refractivity (Wildman–Crippen MR) is 120 cm³/mol. The number of nitrogens with one attached hydrogen (secondary N) is 1. The molecule has 32 heavy (non-hydrogen) atoms. The quantitative estimate of drug-likeness (QED) is 0.590. The van der Waals surface area contributed by atoms with Crippen molar-refractivity contribution in [1.82, 2.24) is 19.6 Å². The number of carbonyl (C=O) groups excluding carboxylic acids is 1. The van der Waals surface area contributed by atoms with Crippen LogP contribution < -0.4 is 4.72 Å². The number of piperidine rings is 1. The largest absolute Gasteiger partial charge is 0.416 e. The number of rotatable bonds is 4. The second kappa shape index (κ2) is 9.15. The van der Waals surface area contributed by atoms with Crippen LogP contribution in [0.5, 0.6) is 0 Å². The van der Waals surface area contributed by atoms with Crippen LogP contribution in [0.4, 0.5) is 23.8 Å². The van der Waals surface area contributed by atoms with Gasteiger partial charge in [-0.2, -0.15) is 17.9 Å². The minimum atomic E-state index is -4.41. The van der Waals surface area contributed by atoms with Gasteiger partial charge in [0, 0.05) is 48.7 Å². The van der Waals surface area contributed by atoms with Crippen LogP contribution in [-0.4, -0.2) is 57.0 Å². The molecular formula is C21H25ClF3N5OS. The van der Waals surface area contributed by atoms with E-state index in [2.05, 4.69) is 14.7 Å². The molecule has 0 atom stereocenters. The molecular weight excluding hydrogens is 463 g/mol. The number of hydrogen-bond donors (Lipinski definition) is 1. The lowest BCUT2D eigenvalue weighted by Gasteiger charge is -2.45. The van der Waals surface area contributed by atoms with Gasteiger partial charge in [-0.1, -0.05) is 29.6 Å². The summed E-state index contributed by atoms with van der Waals surface area (Å²) in [6.45, 7) is 2.60. The Kier molecular flexibility index (Phi) is 6.65. The monoisotopic (exact) mass is 487 g/mol. The Bertz CT molecular complexity index is 975. The summed E-state index contributed by atoms with van der Waals surface area (Å²) in [5.41, 5.74) is -0.0908. The third-order valence-corrected chi connectivity index (χ3v) is 7.20. The molecule has 1 spiro atoms. The number of hydrogen-bond acceptors (Lipinski definition) is 5. The summed E-state index contributed by atoms with van der Waals surface area (Å²) in [5.74, 6) is 0.634. The highest BCUT2D eigenvalue weighted by molar-refractivity contribution is 7.99. The van der Waals surface area contributed by atoms with Gasteiger partial charge in [0.25, 0.3) is 0 Å². The molecule has 0 saturated carbocycles. The number of alkyl halides is 3. The zero-order valence-electron chi connectivity index (χ0n) is 17.7. The number of anilines is 1. The van der Waals surface area contributed by atoms with Crippen LogP contribution in [0.15, 0.2) is 30.5 Å². The zero-order valence-corrected chi connectivity index (χ0v) is 19.2. The van der Waals surface area contributed by atoms with E-state index < -0.39 is 11.7 Å². The Labute approximate surface area is 194 Å². The van der Waals surface area contributed by atoms with Gasteiger partial charge in [-0.3, -0.25) is 4.90 Å². The Morgan fingerprint density at radius 2 is 1.97 bits per heavy atom. The van der Waals surface area contributed by atoms with E-state index in [1.807, 2.05) is 11.2 Å². The van der Waals surface area contributed by atoms with Gasteiger partial charge >= 0.3 is 12.2 Å². The van der Waals surface area contributed by atoms with Crippen molar-refractivity contribution >= 4 is 35.4 Å². The van der Waals surface area contributed by atoms with Gasteiger partial charge in [0.05, 0.1) is 5.56 Å². The molecule has 0 unspecified atom stereocenters. The topological polar surface area (TPSA) is 53.4 Å². The lowest BCUT2D eigenvalue weighted by Crippen LogP contribution is -2.53. The summed E-state index contributed by atoms with van der Waals surface area (Å²) in [5, 5.41) is 4.40. The van der Waals surface area contributed by atoms with Crippen LogP contribution in [0.25, 0.3) is 0 Å². The fraction of sp³-hybridized carbons (Fsp3) is 0.524. The van der Waals surface area contributed by atoms with Gasteiger partial charge in [-0.15, -0.1) is 5.10 Å². The number of benzene rings is 1. The normalized spacial score (nSPS) is 19.0. The van der Waals surface area contributed by atoms with Crippen molar-refractivity contribution in [3.63, 3.8) is 0 Å². The summed E-state index contributed by atoms with van der Waals surface area (Å²) in [4.78, 5) is 17.0. The van der Waals surface area contributed by atoms with Crippen LogP contribution in [-0.2, 0) is 12.7 Å². The maximum absolute atomic E-state index is 12.9. The first-order valence-corrected chi connectivity index (χ1v) is 12.1. The van der Waals surface area contributed by atoms with E-state index in [0.29, 0.717) is 31.0 Å². The molecule has 2 aliphatic rings. The predicted octanol–water partition coefficient (Wildman–Crippen LogP) is 5.34. The fourth-order valence-corrected chi connectivity index (χ4v) is 5.27. The van der Waals surface area contributed by atoms with Crippen molar-refractivity contribution < 1.29 is 18.0 Å². The number of amides is 1. The van der Waals surface area contributed by atoms with E-state index in [1.54, 1.807) is 12.3 Å². The molecule has 11 heteroatoms. The molecule has 3 heterocycles. The molecule has 2 aromatic rings. The number of nitrogens with zero attached hydrogens (tertiary/aromatic N) is 4. The molecule has 174 valence electrons. The van der Waals surface area contributed by atoms with E-state index in [9.17, 15) is 18.0 Å². The SMILES string of the molecule is CSNc1ccn(C(=O)N2CCC3(CCCN3Cc3ccc(C(F)(F)F)cc3Cl)CC2)n1. The van der Waals surface area contributed by atoms with E-state index in [4.69, 9.17) is 11.6 Å². The van der Waals surface area contributed by atoms with E-state index >= 15 is 0 Å². The number of halogens is 4. The second-order valence-electron chi connectivity index (χ2n) is 8.27. The molecule has 2 saturated heterocycles. The number of likely N-dealkylation sites (tertiary alicyclic amines) is 2. The van der Waals surface area contributed by atoms with Crippen LogP contribution in [0, 0.1) is 0 Å². The average Bonchev–Trinajstić information content (AvgIpc) is 3.37. The summed E-state index contributed by atoms with van der Waals surface area (Å²) < 4.78 is 43.2. The second-order valence-corrected chi connectivity index (χ2v) is 9.29. The minimum Gasteiger partial charge on any atom is -0.323 e. The van der Waals surface area contributed by atoms with Crippen molar-refractivity contribution in [2.24, 2.45) is 0 Å². The molecule has 0 radical (unpaired) electrons. The van der Waals surface area contributed by atoms with Crippen molar-refractivity contribution in [2.45, 2.75) is 43.9 Å². The first-order valence-electron chi connectivity index (χ1n) is 10.5. The van der Waals surface area contributed by atoms with Crippen molar-refractivity contribution in [3.8, 4) is 0 Å².